The molecule has 1 atom stereocenters. The number of hydrogen-bond donors (Lipinski definition) is 1. The van der Waals surface area contributed by atoms with E-state index in [2.05, 4.69) is 5.32 Å². The predicted molar refractivity (Wildman–Crippen MR) is 79.9 cm³/mol. The summed E-state index contributed by atoms with van der Waals surface area (Å²) in [6.07, 6.45) is 0. The number of benzene rings is 2. The van der Waals surface area contributed by atoms with Gasteiger partial charge in [0, 0.05) is 10.6 Å². The van der Waals surface area contributed by atoms with Crippen LogP contribution in [0.15, 0.2) is 36.4 Å². The first-order chi connectivity index (χ1) is 10.1. The van der Waals surface area contributed by atoms with Crippen LogP contribution in [-0.4, -0.2) is 13.7 Å². The van der Waals surface area contributed by atoms with Crippen molar-refractivity contribution in [2.45, 2.75) is 13.0 Å². The molecule has 0 amide bonds. The van der Waals surface area contributed by atoms with E-state index in [1.807, 2.05) is 6.92 Å². The minimum absolute atomic E-state index is 0.0357. The molecule has 0 aliphatic carbocycles. The topological polar surface area (TPSA) is 21.3 Å². The van der Waals surface area contributed by atoms with E-state index in [9.17, 15) is 8.78 Å². The first-order valence-electron chi connectivity index (χ1n) is 6.59. The molecule has 0 saturated carbocycles. The Bertz CT molecular complexity index is 613. The Hall–Kier alpha value is -1.65. The molecule has 0 aliphatic heterocycles. The standard InChI is InChI=1S/C16H16ClF2NO/c1-3-20-16(15-13(18)5-4-6-14(15)19)11-8-7-10(21-2)9-12(11)17/h4-9,16,20H,3H2,1-2H3. The lowest BCUT2D eigenvalue weighted by Gasteiger charge is -2.21. The van der Waals surface area contributed by atoms with Crippen LogP contribution in [0.25, 0.3) is 0 Å². The summed E-state index contributed by atoms with van der Waals surface area (Å²) in [6.45, 7) is 2.41. The van der Waals surface area contributed by atoms with Crippen molar-refractivity contribution in [2.75, 3.05) is 13.7 Å². The Morgan fingerprint density at radius 2 is 1.86 bits per heavy atom. The van der Waals surface area contributed by atoms with E-state index >= 15 is 0 Å². The zero-order valence-corrected chi connectivity index (χ0v) is 12.5. The van der Waals surface area contributed by atoms with E-state index in [1.54, 1.807) is 18.2 Å². The molecular formula is C16H16ClF2NO. The van der Waals surface area contributed by atoms with Crippen molar-refractivity contribution in [2.24, 2.45) is 0 Å². The number of rotatable bonds is 5. The summed E-state index contributed by atoms with van der Waals surface area (Å²) < 4.78 is 33.2. The van der Waals surface area contributed by atoms with Crippen molar-refractivity contribution in [1.82, 2.24) is 5.32 Å². The van der Waals surface area contributed by atoms with E-state index < -0.39 is 17.7 Å². The highest BCUT2D eigenvalue weighted by Crippen LogP contribution is 2.33. The normalized spacial score (nSPS) is 12.2. The van der Waals surface area contributed by atoms with Gasteiger partial charge < -0.3 is 10.1 Å². The van der Waals surface area contributed by atoms with Crippen LogP contribution in [0.4, 0.5) is 8.78 Å². The van der Waals surface area contributed by atoms with Crippen LogP contribution in [0, 0.1) is 11.6 Å². The fourth-order valence-corrected chi connectivity index (χ4v) is 2.51. The second kappa shape index (κ2) is 6.87. The molecule has 5 heteroatoms. The summed E-state index contributed by atoms with van der Waals surface area (Å²) in [4.78, 5) is 0. The smallest absolute Gasteiger partial charge is 0.131 e. The summed E-state index contributed by atoms with van der Waals surface area (Å²) >= 11 is 6.23. The number of ether oxygens (including phenoxy) is 1. The third kappa shape index (κ3) is 3.34. The van der Waals surface area contributed by atoms with Crippen molar-refractivity contribution >= 4 is 11.6 Å². The second-order valence-electron chi connectivity index (χ2n) is 4.51. The molecule has 2 aromatic rings. The quantitative estimate of drug-likeness (QED) is 0.887. The van der Waals surface area contributed by atoms with Crippen LogP contribution >= 0.6 is 11.6 Å². The number of halogens is 3. The Kier molecular flexibility index (Phi) is 5.15. The molecule has 21 heavy (non-hydrogen) atoms. The van der Waals surface area contributed by atoms with Gasteiger partial charge in [-0.3, -0.25) is 0 Å². The van der Waals surface area contributed by atoms with Crippen LogP contribution < -0.4 is 10.1 Å². The highest BCUT2D eigenvalue weighted by molar-refractivity contribution is 6.31. The molecule has 2 rings (SSSR count). The van der Waals surface area contributed by atoms with Gasteiger partial charge in [0.15, 0.2) is 0 Å². The van der Waals surface area contributed by atoms with E-state index in [1.165, 1.54) is 25.3 Å². The maximum atomic E-state index is 14.0. The molecule has 112 valence electrons. The first-order valence-corrected chi connectivity index (χ1v) is 6.97. The molecule has 0 bridgehead atoms. The lowest BCUT2D eigenvalue weighted by molar-refractivity contribution is 0.414. The van der Waals surface area contributed by atoms with Gasteiger partial charge in [0.05, 0.1) is 13.2 Å². The average molecular weight is 312 g/mol. The molecule has 0 radical (unpaired) electrons. The first kappa shape index (κ1) is 15.7. The minimum atomic E-state index is -0.658. The van der Waals surface area contributed by atoms with E-state index in [0.717, 1.165) is 0 Å². The van der Waals surface area contributed by atoms with Crippen molar-refractivity contribution in [3.8, 4) is 5.75 Å². The van der Waals surface area contributed by atoms with Crippen molar-refractivity contribution in [3.05, 3.63) is 64.2 Å². The minimum Gasteiger partial charge on any atom is -0.497 e. The highest BCUT2D eigenvalue weighted by Gasteiger charge is 2.23. The maximum absolute atomic E-state index is 14.0. The van der Waals surface area contributed by atoms with Crippen molar-refractivity contribution in [3.63, 3.8) is 0 Å². The van der Waals surface area contributed by atoms with E-state index in [0.29, 0.717) is 22.9 Å². The lowest BCUT2D eigenvalue weighted by atomic mass is 9.97. The van der Waals surface area contributed by atoms with Gasteiger partial charge in [-0.05, 0) is 36.4 Å². The molecule has 0 spiro atoms. The monoisotopic (exact) mass is 311 g/mol. The molecular weight excluding hydrogens is 296 g/mol. The molecule has 0 fully saturated rings. The molecule has 0 aliphatic rings. The number of nitrogens with one attached hydrogen (secondary N) is 1. The predicted octanol–water partition coefficient (Wildman–Crippen LogP) is 4.33. The summed E-state index contributed by atoms with van der Waals surface area (Å²) in [7, 11) is 1.53. The van der Waals surface area contributed by atoms with Crippen molar-refractivity contribution < 1.29 is 13.5 Å². The van der Waals surface area contributed by atoms with Gasteiger partial charge in [0.25, 0.3) is 0 Å². The molecule has 0 aromatic heterocycles. The third-order valence-electron chi connectivity index (χ3n) is 3.22. The Balaban J connectivity index is 2.53. The van der Waals surface area contributed by atoms with Gasteiger partial charge in [0.1, 0.15) is 17.4 Å². The third-order valence-corrected chi connectivity index (χ3v) is 3.54. The Morgan fingerprint density at radius 3 is 2.38 bits per heavy atom. The highest BCUT2D eigenvalue weighted by atomic mass is 35.5. The van der Waals surface area contributed by atoms with Crippen molar-refractivity contribution in [1.29, 1.82) is 0 Å². The summed E-state index contributed by atoms with van der Waals surface area (Å²) in [5.41, 5.74) is 0.565. The van der Waals surface area contributed by atoms with Crippen LogP contribution in [0.1, 0.15) is 24.1 Å². The fraction of sp³-hybridized carbons (Fsp3) is 0.250. The SMILES string of the molecule is CCNC(c1ccc(OC)cc1Cl)c1c(F)cccc1F. The van der Waals surface area contributed by atoms with Gasteiger partial charge in [-0.15, -0.1) is 0 Å². The Labute approximate surface area is 127 Å². The van der Waals surface area contributed by atoms with Gasteiger partial charge in [-0.1, -0.05) is 30.7 Å². The van der Waals surface area contributed by atoms with Gasteiger partial charge in [0.2, 0.25) is 0 Å². The van der Waals surface area contributed by atoms with Gasteiger partial charge in [-0.25, -0.2) is 8.78 Å². The summed E-state index contributed by atoms with van der Waals surface area (Å²) in [6, 6.07) is 8.20. The zero-order chi connectivity index (χ0) is 15.4. The summed E-state index contributed by atoms with van der Waals surface area (Å²) in [5.74, 6) is -0.617. The largest absolute Gasteiger partial charge is 0.497 e. The zero-order valence-electron chi connectivity index (χ0n) is 11.8. The molecule has 2 aromatic carbocycles. The van der Waals surface area contributed by atoms with E-state index in [4.69, 9.17) is 16.3 Å². The second-order valence-corrected chi connectivity index (χ2v) is 4.92. The fourth-order valence-electron chi connectivity index (χ4n) is 2.23. The van der Waals surface area contributed by atoms with Crippen LogP contribution in [0.2, 0.25) is 5.02 Å². The lowest BCUT2D eigenvalue weighted by Crippen LogP contribution is -2.24. The number of hydrogen-bond acceptors (Lipinski definition) is 2. The molecule has 0 heterocycles. The van der Waals surface area contributed by atoms with Crippen LogP contribution in [0.3, 0.4) is 0 Å². The maximum Gasteiger partial charge on any atom is 0.131 e. The molecule has 1 N–H and O–H groups in total. The average Bonchev–Trinajstić information content (AvgIpc) is 2.46. The molecule has 1 unspecified atom stereocenters. The number of methoxy groups -OCH3 is 1. The van der Waals surface area contributed by atoms with Gasteiger partial charge in [-0.2, -0.15) is 0 Å². The Morgan fingerprint density at radius 1 is 1.19 bits per heavy atom. The van der Waals surface area contributed by atoms with Crippen LogP contribution in [0.5, 0.6) is 5.75 Å². The summed E-state index contributed by atoms with van der Waals surface area (Å²) in [5, 5.41) is 3.46. The van der Waals surface area contributed by atoms with Crippen LogP contribution in [-0.2, 0) is 0 Å². The van der Waals surface area contributed by atoms with E-state index in [-0.39, 0.29) is 5.56 Å². The molecule has 2 nitrogen and oxygen atoms in total. The van der Waals surface area contributed by atoms with Gasteiger partial charge >= 0.3 is 0 Å². The molecule has 0 saturated heterocycles.